The first-order chi connectivity index (χ1) is 10.1. The Bertz CT molecular complexity index is 430. The number of hydrogen-bond acceptors (Lipinski definition) is 4. The Hall–Kier alpha value is -0.610. The average Bonchev–Trinajstić information content (AvgIpc) is 2.45. The lowest BCUT2D eigenvalue weighted by atomic mass is 10.0. The van der Waals surface area contributed by atoms with Gasteiger partial charge in [-0.3, -0.25) is 0 Å². The van der Waals surface area contributed by atoms with Crippen molar-refractivity contribution in [3.63, 3.8) is 0 Å². The number of nitrogens with zero attached hydrogens (tertiary/aromatic N) is 2. The summed E-state index contributed by atoms with van der Waals surface area (Å²) in [5.41, 5.74) is 3.53. The maximum atomic E-state index is 4.72. The summed E-state index contributed by atoms with van der Waals surface area (Å²) in [6, 6.07) is 0.491. The lowest BCUT2D eigenvalue weighted by Gasteiger charge is -2.21. The van der Waals surface area contributed by atoms with Gasteiger partial charge in [0.25, 0.3) is 0 Å². The summed E-state index contributed by atoms with van der Waals surface area (Å²) < 4.78 is 0. The van der Waals surface area contributed by atoms with Crippen molar-refractivity contribution in [2.45, 2.75) is 83.4 Å². The van der Waals surface area contributed by atoms with Gasteiger partial charge in [-0.05, 0) is 26.7 Å². The first-order valence-electron chi connectivity index (χ1n) is 8.24. The molecule has 1 saturated carbocycles. The maximum absolute atomic E-state index is 4.72. The first-order valence-corrected chi connectivity index (χ1v) is 9.29. The third-order valence-corrected chi connectivity index (χ3v) is 5.52. The Morgan fingerprint density at radius 2 is 1.71 bits per heavy atom. The molecule has 0 atom stereocenters. The fourth-order valence-electron chi connectivity index (χ4n) is 2.86. The number of thioether (sulfide) groups is 1. The van der Waals surface area contributed by atoms with Gasteiger partial charge in [0, 0.05) is 34.8 Å². The predicted molar refractivity (Wildman–Crippen MR) is 91.6 cm³/mol. The minimum atomic E-state index is 0.491. The number of aryl methyl sites for hydroxylation is 2. The van der Waals surface area contributed by atoms with E-state index >= 15 is 0 Å². The highest BCUT2D eigenvalue weighted by molar-refractivity contribution is 7.99. The van der Waals surface area contributed by atoms with E-state index in [0.29, 0.717) is 6.04 Å². The molecular weight excluding hydrogens is 278 g/mol. The summed E-state index contributed by atoms with van der Waals surface area (Å²) in [5, 5.41) is 4.29. The van der Waals surface area contributed by atoms with Crippen molar-refractivity contribution in [3.05, 3.63) is 22.8 Å². The fraction of sp³-hybridized carbons (Fsp3) is 0.765. The van der Waals surface area contributed by atoms with Crippen LogP contribution in [0.2, 0.25) is 0 Å². The molecule has 2 rings (SSSR count). The molecule has 1 aromatic heterocycles. The van der Waals surface area contributed by atoms with Crippen molar-refractivity contribution in [1.82, 2.24) is 15.3 Å². The minimum Gasteiger partial charge on any atom is -0.310 e. The quantitative estimate of drug-likeness (QED) is 0.856. The monoisotopic (exact) mass is 307 g/mol. The van der Waals surface area contributed by atoms with Crippen LogP contribution >= 0.6 is 11.8 Å². The van der Waals surface area contributed by atoms with Crippen LogP contribution in [0.3, 0.4) is 0 Å². The molecule has 3 nitrogen and oxygen atoms in total. The Morgan fingerprint density at radius 1 is 1.10 bits per heavy atom. The van der Waals surface area contributed by atoms with Gasteiger partial charge in [0.2, 0.25) is 0 Å². The average molecular weight is 308 g/mol. The molecule has 1 N–H and O–H groups in total. The molecule has 1 aromatic rings. The van der Waals surface area contributed by atoms with Crippen LogP contribution in [-0.2, 0) is 12.3 Å². The van der Waals surface area contributed by atoms with Gasteiger partial charge in [-0.15, -0.1) is 0 Å². The van der Waals surface area contributed by atoms with Gasteiger partial charge < -0.3 is 5.32 Å². The Labute approximate surface area is 133 Å². The Morgan fingerprint density at radius 3 is 2.29 bits per heavy atom. The molecule has 0 saturated heterocycles. The summed E-state index contributed by atoms with van der Waals surface area (Å²) in [7, 11) is 0. The number of nitrogens with one attached hydrogen (secondary N) is 1. The van der Waals surface area contributed by atoms with E-state index < -0.39 is 0 Å². The number of aromatic nitrogens is 2. The standard InChI is InChI=1S/C17H29N3S/c1-12(2)18-10-16-13(3)19-17(20-14(16)4)11-21-15-8-6-5-7-9-15/h12,15,18H,5-11H2,1-4H3. The molecule has 118 valence electrons. The molecule has 1 heterocycles. The van der Waals surface area contributed by atoms with Gasteiger partial charge in [-0.1, -0.05) is 33.1 Å². The van der Waals surface area contributed by atoms with E-state index in [-0.39, 0.29) is 0 Å². The zero-order valence-electron chi connectivity index (χ0n) is 13.9. The van der Waals surface area contributed by atoms with Crippen LogP contribution in [-0.4, -0.2) is 21.3 Å². The molecule has 0 aliphatic heterocycles. The van der Waals surface area contributed by atoms with Gasteiger partial charge >= 0.3 is 0 Å². The molecule has 0 unspecified atom stereocenters. The molecule has 0 spiro atoms. The molecule has 0 aromatic carbocycles. The van der Waals surface area contributed by atoms with E-state index in [1.165, 1.54) is 37.7 Å². The molecular formula is C17H29N3S. The van der Waals surface area contributed by atoms with Crippen molar-refractivity contribution in [3.8, 4) is 0 Å². The van der Waals surface area contributed by atoms with Gasteiger partial charge in [-0.2, -0.15) is 11.8 Å². The van der Waals surface area contributed by atoms with Crippen molar-refractivity contribution >= 4 is 11.8 Å². The summed E-state index contributed by atoms with van der Waals surface area (Å²) in [6.45, 7) is 9.42. The second-order valence-corrected chi connectivity index (χ2v) is 7.68. The summed E-state index contributed by atoms with van der Waals surface area (Å²) >= 11 is 2.05. The largest absolute Gasteiger partial charge is 0.310 e. The fourth-order valence-corrected chi connectivity index (χ4v) is 4.04. The third kappa shape index (κ3) is 5.26. The number of hydrogen-bond donors (Lipinski definition) is 1. The molecule has 0 bridgehead atoms. The summed E-state index contributed by atoms with van der Waals surface area (Å²) in [5.74, 6) is 1.97. The highest BCUT2D eigenvalue weighted by Gasteiger charge is 2.15. The molecule has 4 heteroatoms. The highest BCUT2D eigenvalue weighted by atomic mass is 32.2. The lowest BCUT2D eigenvalue weighted by molar-refractivity contribution is 0.516. The summed E-state index contributed by atoms with van der Waals surface area (Å²) in [6.07, 6.45) is 6.97. The van der Waals surface area contributed by atoms with E-state index in [0.717, 1.165) is 34.8 Å². The van der Waals surface area contributed by atoms with Gasteiger partial charge in [0.15, 0.2) is 0 Å². The normalized spacial score (nSPS) is 16.6. The topological polar surface area (TPSA) is 37.8 Å². The lowest BCUT2D eigenvalue weighted by Crippen LogP contribution is -2.23. The van der Waals surface area contributed by atoms with E-state index in [9.17, 15) is 0 Å². The Balaban J connectivity index is 1.94. The smallest absolute Gasteiger partial charge is 0.138 e. The van der Waals surface area contributed by atoms with E-state index in [2.05, 4.69) is 44.8 Å². The van der Waals surface area contributed by atoms with E-state index in [1.807, 2.05) is 0 Å². The zero-order chi connectivity index (χ0) is 15.2. The van der Waals surface area contributed by atoms with Crippen LogP contribution in [0.15, 0.2) is 0 Å². The van der Waals surface area contributed by atoms with Crippen molar-refractivity contribution in [2.24, 2.45) is 0 Å². The van der Waals surface area contributed by atoms with Crippen LogP contribution < -0.4 is 5.32 Å². The second kappa shape index (κ2) is 8.14. The van der Waals surface area contributed by atoms with Crippen LogP contribution in [0, 0.1) is 13.8 Å². The molecule has 1 aliphatic rings. The van der Waals surface area contributed by atoms with E-state index in [4.69, 9.17) is 9.97 Å². The minimum absolute atomic E-state index is 0.491. The molecule has 0 radical (unpaired) electrons. The summed E-state index contributed by atoms with van der Waals surface area (Å²) in [4.78, 5) is 9.45. The third-order valence-electron chi connectivity index (χ3n) is 4.15. The number of rotatable bonds is 6. The van der Waals surface area contributed by atoms with Crippen molar-refractivity contribution < 1.29 is 0 Å². The van der Waals surface area contributed by atoms with Crippen LogP contribution in [0.4, 0.5) is 0 Å². The van der Waals surface area contributed by atoms with Crippen LogP contribution in [0.5, 0.6) is 0 Å². The molecule has 1 fully saturated rings. The van der Waals surface area contributed by atoms with Gasteiger partial charge in [0.1, 0.15) is 5.82 Å². The SMILES string of the molecule is Cc1nc(CSC2CCCCC2)nc(C)c1CNC(C)C. The second-order valence-electron chi connectivity index (χ2n) is 6.40. The predicted octanol–water partition coefficient (Wildman–Crippen LogP) is 4.16. The zero-order valence-corrected chi connectivity index (χ0v) is 14.7. The molecule has 1 aliphatic carbocycles. The van der Waals surface area contributed by atoms with Gasteiger partial charge in [0.05, 0.1) is 5.75 Å². The van der Waals surface area contributed by atoms with Crippen molar-refractivity contribution in [2.75, 3.05) is 0 Å². The highest BCUT2D eigenvalue weighted by Crippen LogP contribution is 2.30. The van der Waals surface area contributed by atoms with E-state index in [1.54, 1.807) is 0 Å². The first kappa shape index (κ1) is 16.8. The van der Waals surface area contributed by atoms with Gasteiger partial charge in [-0.25, -0.2) is 9.97 Å². The van der Waals surface area contributed by atoms with Crippen LogP contribution in [0.25, 0.3) is 0 Å². The Kier molecular flexibility index (Phi) is 6.49. The van der Waals surface area contributed by atoms with Crippen molar-refractivity contribution in [1.29, 1.82) is 0 Å². The molecule has 0 amide bonds. The molecule has 21 heavy (non-hydrogen) atoms. The maximum Gasteiger partial charge on any atom is 0.138 e. The van der Waals surface area contributed by atoms with Crippen LogP contribution in [0.1, 0.15) is 68.7 Å².